The number of esters is 1. The third-order valence-corrected chi connectivity index (χ3v) is 13.1. The number of carbonyl (C=O) groups is 2. The molecule has 69 heavy (non-hydrogen) atoms. The summed E-state index contributed by atoms with van der Waals surface area (Å²) in [7, 11) is 1.15. The number of rotatable bonds is 50. The lowest BCUT2D eigenvalue weighted by Gasteiger charge is -2.30. The van der Waals surface area contributed by atoms with Gasteiger partial charge in [0, 0.05) is 12.8 Å². The number of phosphoric acid groups is 1. The monoisotopic (exact) mass is 987 g/mol. The van der Waals surface area contributed by atoms with E-state index in [0.717, 1.165) is 77.0 Å². The zero-order valence-corrected chi connectivity index (χ0v) is 46.4. The Kier molecular flexibility index (Phi) is 47.2. The fourth-order valence-electron chi connectivity index (χ4n) is 7.79. The first-order valence-electron chi connectivity index (χ1n) is 28.2. The van der Waals surface area contributed by atoms with E-state index in [1.807, 2.05) is 33.3 Å². The number of likely N-dealkylation sites (N-methyl/N-ethyl adjacent to an activating group) is 1. The fourth-order valence-corrected chi connectivity index (χ4v) is 8.52. The van der Waals surface area contributed by atoms with Crippen LogP contribution >= 0.6 is 7.82 Å². The quantitative estimate of drug-likeness (QED) is 0.0212. The number of amides is 1. The zero-order chi connectivity index (χ0) is 50.8. The van der Waals surface area contributed by atoms with Crippen molar-refractivity contribution < 1.29 is 37.3 Å². The van der Waals surface area contributed by atoms with Gasteiger partial charge in [-0.3, -0.25) is 14.2 Å². The van der Waals surface area contributed by atoms with Crippen molar-refractivity contribution in [1.29, 1.82) is 0 Å². The van der Waals surface area contributed by atoms with Crippen LogP contribution in [0.1, 0.15) is 239 Å². The molecule has 0 bridgehead atoms. The second-order valence-electron chi connectivity index (χ2n) is 20.1. The van der Waals surface area contributed by atoms with Crippen LogP contribution in [0.3, 0.4) is 0 Å². The Hall–Kier alpha value is -2.55. The van der Waals surface area contributed by atoms with Gasteiger partial charge in [0.15, 0.2) is 0 Å². The molecule has 0 aliphatic carbocycles. The van der Waals surface area contributed by atoms with Gasteiger partial charge < -0.3 is 28.5 Å². The minimum absolute atomic E-state index is 0.0322. The third-order valence-electron chi connectivity index (χ3n) is 12.2. The summed E-state index contributed by atoms with van der Waals surface area (Å²) in [6.07, 6.45) is 61.5. The normalized spacial score (nSPS) is 14.4. The summed E-state index contributed by atoms with van der Waals surface area (Å²) >= 11 is 0. The van der Waals surface area contributed by atoms with Gasteiger partial charge in [0.1, 0.15) is 19.3 Å². The molecule has 0 rings (SSSR count). The standard InChI is InChI=1S/C59H107N2O7P/c1-7-10-13-16-19-22-25-28-29-30-31-34-37-40-43-46-49-52-59(63)68-57(50-47-44-41-38-35-32-26-23-20-17-14-11-8-2)56(55-67-69(64,65)66-54-53-61(4,5)6)60-58(62)51-48-45-42-39-36-33-27-24-21-18-15-12-9-3/h10,13,19,22,28-29,31,34,40,43,47,50,56-57H,7-9,11-12,14-18,20-21,23-27,30,32-33,35-39,41-42,44-46,48-49,51-55H2,1-6H3,(H-,60,62,64,65)/b13-10-,22-19-,29-28-,34-31-,43-40-,50-47+. The summed E-state index contributed by atoms with van der Waals surface area (Å²) in [4.78, 5) is 39.8. The Labute approximate surface area is 425 Å². The van der Waals surface area contributed by atoms with Crippen molar-refractivity contribution in [2.75, 3.05) is 40.9 Å². The van der Waals surface area contributed by atoms with Gasteiger partial charge in [-0.1, -0.05) is 229 Å². The topological polar surface area (TPSA) is 114 Å². The van der Waals surface area contributed by atoms with Gasteiger partial charge in [0.2, 0.25) is 5.91 Å². The van der Waals surface area contributed by atoms with Gasteiger partial charge in [-0.25, -0.2) is 0 Å². The number of nitrogens with one attached hydrogen (secondary N) is 1. The minimum Gasteiger partial charge on any atom is -0.756 e. The maximum Gasteiger partial charge on any atom is 0.306 e. The molecule has 3 unspecified atom stereocenters. The molecule has 1 amide bonds. The van der Waals surface area contributed by atoms with Crippen molar-refractivity contribution >= 4 is 19.7 Å². The molecule has 3 atom stereocenters. The summed E-state index contributed by atoms with van der Waals surface area (Å²) in [5.74, 6) is -0.608. The van der Waals surface area contributed by atoms with Gasteiger partial charge in [-0.2, -0.15) is 0 Å². The molecule has 400 valence electrons. The molecule has 0 fully saturated rings. The van der Waals surface area contributed by atoms with Gasteiger partial charge in [0.05, 0.1) is 33.8 Å². The number of hydrogen-bond acceptors (Lipinski definition) is 7. The van der Waals surface area contributed by atoms with E-state index in [2.05, 4.69) is 86.8 Å². The van der Waals surface area contributed by atoms with Crippen LogP contribution in [0.2, 0.25) is 0 Å². The van der Waals surface area contributed by atoms with E-state index in [0.29, 0.717) is 23.9 Å². The van der Waals surface area contributed by atoms with Gasteiger partial charge in [-0.15, -0.1) is 0 Å². The van der Waals surface area contributed by atoms with Crippen molar-refractivity contribution in [3.63, 3.8) is 0 Å². The highest BCUT2D eigenvalue weighted by Gasteiger charge is 2.27. The zero-order valence-electron chi connectivity index (χ0n) is 45.5. The van der Waals surface area contributed by atoms with E-state index in [9.17, 15) is 19.0 Å². The van der Waals surface area contributed by atoms with E-state index in [1.54, 1.807) is 0 Å². The molecule has 0 aliphatic heterocycles. The molecule has 0 aromatic rings. The van der Waals surface area contributed by atoms with Crippen LogP contribution in [-0.2, 0) is 27.9 Å². The summed E-state index contributed by atoms with van der Waals surface area (Å²) < 4.78 is 30.2. The maximum atomic E-state index is 13.5. The molecule has 9 nitrogen and oxygen atoms in total. The summed E-state index contributed by atoms with van der Waals surface area (Å²) in [6.45, 7) is 6.68. The SMILES string of the molecule is CC/C=C\C/C=C\C/C=C\C/C=C\C/C=C\CCCC(=O)OC(/C=C/CCCCCCCCCCCCC)C(COP(=O)([O-])OCC[N+](C)(C)C)NC(=O)CCCCCCCCCCCCCCC. The van der Waals surface area contributed by atoms with E-state index >= 15 is 0 Å². The van der Waals surface area contributed by atoms with Gasteiger partial charge in [0.25, 0.3) is 7.82 Å². The van der Waals surface area contributed by atoms with Crippen molar-refractivity contribution in [2.24, 2.45) is 0 Å². The minimum atomic E-state index is -4.71. The number of nitrogens with zero attached hydrogens (tertiary/aromatic N) is 1. The van der Waals surface area contributed by atoms with Crippen molar-refractivity contribution in [2.45, 2.75) is 251 Å². The van der Waals surface area contributed by atoms with Crippen LogP contribution in [0.5, 0.6) is 0 Å². The van der Waals surface area contributed by atoms with Gasteiger partial charge in [-0.05, 0) is 70.3 Å². The summed E-state index contributed by atoms with van der Waals surface area (Å²) in [5.41, 5.74) is 0. The molecule has 0 spiro atoms. The average molecular weight is 987 g/mol. The molecule has 1 N–H and O–H groups in total. The van der Waals surface area contributed by atoms with Gasteiger partial charge >= 0.3 is 5.97 Å². The fraction of sp³-hybridized carbons (Fsp3) is 0.763. The third kappa shape index (κ3) is 50.2. The van der Waals surface area contributed by atoms with Crippen molar-refractivity contribution in [3.05, 3.63) is 72.9 Å². The summed E-state index contributed by atoms with van der Waals surface area (Å²) in [6, 6.07) is -0.910. The molecule has 0 aromatic heterocycles. The second kappa shape index (κ2) is 49.0. The van der Waals surface area contributed by atoms with Crippen molar-refractivity contribution in [1.82, 2.24) is 5.32 Å². The first-order chi connectivity index (χ1) is 33.4. The Balaban J connectivity index is 5.48. The number of phosphoric ester groups is 1. The number of ether oxygens (including phenoxy) is 1. The predicted octanol–water partition coefficient (Wildman–Crippen LogP) is 16.3. The molecular weight excluding hydrogens is 880 g/mol. The van der Waals surface area contributed by atoms with Crippen LogP contribution in [0.25, 0.3) is 0 Å². The highest BCUT2D eigenvalue weighted by Crippen LogP contribution is 2.38. The smallest absolute Gasteiger partial charge is 0.306 e. The van der Waals surface area contributed by atoms with Crippen LogP contribution in [0.4, 0.5) is 0 Å². The molecule has 10 heteroatoms. The molecular formula is C59H107N2O7P. The van der Waals surface area contributed by atoms with Crippen LogP contribution in [0.15, 0.2) is 72.9 Å². The number of allylic oxidation sites excluding steroid dienone is 11. The molecule has 0 radical (unpaired) electrons. The molecule has 0 saturated heterocycles. The second-order valence-corrected chi connectivity index (χ2v) is 21.5. The molecule has 0 aliphatic rings. The predicted molar refractivity (Wildman–Crippen MR) is 293 cm³/mol. The lowest BCUT2D eigenvalue weighted by atomic mass is 10.0. The number of hydrogen-bond donors (Lipinski definition) is 1. The lowest BCUT2D eigenvalue weighted by molar-refractivity contribution is -0.870. The average Bonchev–Trinajstić information content (AvgIpc) is 3.31. The molecule has 0 aromatic carbocycles. The highest BCUT2D eigenvalue weighted by atomic mass is 31.2. The van der Waals surface area contributed by atoms with Crippen LogP contribution < -0.4 is 10.2 Å². The molecule has 0 saturated carbocycles. The maximum absolute atomic E-state index is 13.5. The Bertz CT molecular complexity index is 1420. The Morgan fingerprint density at radius 2 is 0.942 bits per heavy atom. The lowest BCUT2D eigenvalue weighted by Crippen LogP contribution is -2.47. The van der Waals surface area contributed by atoms with Crippen molar-refractivity contribution in [3.8, 4) is 0 Å². The largest absolute Gasteiger partial charge is 0.756 e. The first-order valence-corrected chi connectivity index (χ1v) is 29.7. The Morgan fingerprint density at radius 1 is 0.522 bits per heavy atom. The van der Waals surface area contributed by atoms with Crippen LogP contribution in [0, 0.1) is 0 Å². The number of unbranched alkanes of at least 4 members (excludes halogenated alkanes) is 24. The van der Waals surface area contributed by atoms with Crippen LogP contribution in [-0.4, -0.2) is 69.4 Å². The highest BCUT2D eigenvalue weighted by molar-refractivity contribution is 7.45. The number of quaternary nitrogens is 1. The molecule has 0 heterocycles. The Morgan fingerprint density at radius 3 is 1.41 bits per heavy atom. The van der Waals surface area contributed by atoms with E-state index in [-0.39, 0.29) is 18.9 Å². The van der Waals surface area contributed by atoms with E-state index in [1.165, 1.54) is 122 Å². The number of carbonyl (C=O) groups excluding carboxylic acids is 2. The van der Waals surface area contributed by atoms with E-state index in [4.69, 9.17) is 13.8 Å². The van der Waals surface area contributed by atoms with E-state index < -0.39 is 32.5 Å². The summed E-state index contributed by atoms with van der Waals surface area (Å²) in [5, 5.41) is 3.00. The first kappa shape index (κ1) is 66.5.